The Morgan fingerprint density at radius 1 is 1.23 bits per heavy atom. The Balaban J connectivity index is 2.07. The van der Waals surface area contributed by atoms with Gasteiger partial charge in [-0.3, -0.25) is 4.79 Å². The molecule has 6 heteroatoms. The molecule has 1 aromatic rings. The highest BCUT2D eigenvalue weighted by Gasteiger charge is 2.22. The monoisotopic (exact) mass is 325 g/mol. The zero-order valence-corrected chi connectivity index (χ0v) is 14.0. The number of fused-ring (bicyclic) bond motifs is 1. The number of hydrogen-bond donors (Lipinski definition) is 0. The number of sulfonamides is 1. The molecule has 5 nitrogen and oxygen atoms in total. The smallest absolute Gasteiger partial charge is 0.305 e. The molecule has 22 heavy (non-hydrogen) atoms. The van der Waals surface area contributed by atoms with Crippen LogP contribution in [0.15, 0.2) is 23.1 Å². The minimum atomic E-state index is -3.50. The summed E-state index contributed by atoms with van der Waals surface area (Å²) in [6.45, 7) is 0.300. The fraction of sp³-hybridized carbons (Fsp3) is 0.562. The average Bonchev–Trinajstić information content (AvgIpc) is 2.53. The lowest BCUT2D eigenvalue weighted by Crippen LogP contribution is -2.28. The summed E-state index contributed by atoms with van der Waals surface area (Å²) in [4.78, 5) is 11.4. The maximum atomic E-state index is 12.6. The van der Waals surface area contributed by atoms with Gasteiger partial charge in [0.05, 0.1) is 12.0 Å². The molecular weight excluding hydrogens is 302 g/mol. The van der Waals surface area contributed by atoms with Gasteiger partial charge in [0.15, 0.2) is 0 Å². The van der Waals surface area contributed by atoms with Gasteiger partial charge in [0.1, 0.15) is 0 Å². The number of carbonyl (C=O) groups excluding carboxylic acids is 1. The van der Waals surface area contributed by atoms with E-state index >= 15 is 0 Å². The highest BCUT2D eigenvalue weighted by Crippen LogP contribution is 2.25. The third-order valence-corrected chi connectivity index (χ3v) is 5.96. The van der Waals surface area contributed by atoms with E-state index in [1.54, 1.807) is 19.2 Å². The number of benzene rings is 1. The van der Waals surface area contributed by atoms with E-state index in [-0.39, 0.29) is 12.4 Å². The van der Waals surface area contributed by atoms with Gasteiger partial charge in [-0.05, 0) is 55.4 Å². The van der Waals surface area contributed by atoms with Crippen LogP contribution in [0.3, 0.4) is 0 Å². The Hall–Kier alpha value is -1.40. The number of carbonyl (C=O) groups is 1. The zero-order chi connectivity index (χ0) is 16.2. The standard InChI is InChI=1S/C16H23NO4S/c1-17(11-5-8-16(18)21-2)22(19,20)15-10-9-13-6-3-4-7-14(13)12-15/h9-10,12H,3-8,11H2,1-2H3. The van der Waals surface area contributed by atoms with Crippen LogP contribution in [0.4, 0.5) is 0 Å². The summed E-state index contributed by atoms with van der Waals surface area (Å²) in [7, 11) is -0.619. The van der Waals surface area contributed by atoms with Gasteiger partial charge in [0.25, 0.3) is 0 Å². The average molecular weight is 325 g/mol. The molecule has 1 aliphatic carbocycles. The lowest BCUT2D eigenvalue weighted by molar-refractivity contribution is -0.140. The second kappa shape index (κ2) is 7.24. The molecule has 0 bridgehead atoms. The number of aryl methyl sites for hydroxylation is 2. The van der Waals surface area contributed by atoms with Crippen molar-refractivity contribution in [3.05, 3.63) is 29.3 Å². The van der Waals surface area contributed by atoms with E-state index in [1.807, 2.05) is 6.07 Å². The third kappa shape index (κ3) is 3.87. The van der Waals surface area contributed by atoms with Gasteiger partial charge >= 0.3 is 5.97 Å². The van der Waals surface area contributed by atoms with E-state index in [0.717, 1.165) is 24.8 Å². The normalized spacial score (nSPS) is 14.7. The summed E-state index contributed by atoms with van der Waals surface area (Å²) >= 11 is 0. The van der Waals surface area contributed by atoms with Crippen LogP contribution in [0.25, 0.3) is 0 Å². The van der Waals surface area contributed by atoms with Crippen molar-refractivity contribution in [1.29, 1.82) is 0 Å². The van der Waals surface area contributed by atoms with Crippen molar-refractivity contribution < 1.29 is 17.9 Å². The van der Waals surface area contributed by atoms with Crippen molar-refractivity contribution in [1.82, 2.24) is 4.31 Å². The molecule has 0 N–H and O–H groups in total. The van der Waals surface area contributed by atoms with Crippen LogP contribution in [0.5, 0.6) is 0 Å². The van der Waals surface area contributed by atoms with Gasteiger partial charge in [0, 0.05) is 20.0 Å². The summed E-state index contributed by atoms with van der Waals surface area (Å²) in [5.74, 6) is -0.320. The van der Waals surface area contributed by atoms with Crippen molar-refractivity contribution in [2.75, 3.05) is 20.7 Å². The van der Waals surface area contributed by atoms with Gasteiger partial charge in [0.2, 0.25) is 10.0 Å². The minimum absolute atomic E-state index is 0.223. The Labute approximate surface area is 132 Å². The van der Waals surface area contributed by atoms with Crippen LogP contribution < -0.4 is 0 Å². The first kappa shape index (κ1) is 17.0. The Morgan fingerprint density at radius 2 is 1.91 bits per heavy atom. The number of ether oxygens (including phenoxy) is 1. The van der Waals surface area contributed by atoms with Crippen LogP contribution in [0.1, 0.15) is 36.8 Å². The fourth-order valence-corrected chi connectivity index (χ4v) is 3.98. The molecule has 0 saturated heterocycles. The molecule has 0 aromatic heterocycles. The highest BCUT2D eigenvalue weighted by molar-refractivity contribution is 7.89. The van der Waals surface area contributed by atoms with Crippen LogP contribution in [-0.2, 0) is 32.4 Å². The summed E-state index contributed by atoms with van der Waals surface area (Å²) < 4.78 is 31.0. The number of hydrogen-bond acceptors (Lipinski definition) is 4. The molecule has 0 fully saturated rings. The van der Waals surface area contributed by atoms with Crippen molar-refractivity contribution in [2.45, 2.75) is 43.4 Å². The molecule has 0 saturated carbocycles. The topological polar surface area (TPSA) is 63.7 Å². The molecule has 0 spiro atoms. The molecule has 1 aromatic carbocycles. The van der Waals surface area contributed by atoms with Crippen molar-refractivity contribution >= 4 is 16.0 Å². The van der Waals surface area contributed by atoms with Crippen molar-refractivity contribution in [3.63, 3.8) is 0 Å². The summed E-state index contributed by atoms with van der Waals surface area (Å²) in [6, 6.07) is 5.43. The Bertz CT molecular complexity index is 640. The van der Waals surface area contributed by atoms with E-state index in [4.69, 9.17) is 0 Å². The van der Waals surface area contributed by atoms with Crippen LogP contribution in [0, 0.1) is 0 Å². The molecular formula is C16H23NO4S. The molecule has 2 rings (SSSR count). The zero-order valence-electron chi connectivity index (χ0n) is 13.2. The van der Waals surface area contributed by atoms with Crippen LogP contribution >= 0.6 is 0 Å². The lowest BCUT2D eigenvalue weighted by Gasteiger charge is -2.20. The molecule has 0 amide bonds. The Kier molecular flexibility index (Phi) is 5.58. The van der Waals surface area contributed by atoms with Crippen molar-refractivity contribution in [2.24, 2.45) is 0 Å². The fourth-order valence-electron chi connectivity index (χ4n) is 2.72. The number of methoxy groups -OCH3 is 1. The maximum absolute atomic E-state index is 12.6. The van der Waals surface area contributed by atoms with E-state index < -0.39 is 10.0 Å². The summed E-state index contributed by atoms with van der Waals surface area (Å²) in [5, 5.41) is 0. The third-order valence-electron chi connectivity index (χ3n) is 4.11. The van der Waals surface area contributed by atoms with E-state index in [0.29, 0.717) is 17.9 Å². The lowest BCUT2D eigenvalue weighted by atomic mass is 9.92. The van der Waals surface area contributed by atoms with Crippen molar-refractivity contribution in [3.8, 4) is 0 Å². The Morgan fingerprint density at radius 3 is 2.59 bits per heavy atom. The predicted octanol–water partition coefficient (Wildman–Crippen LogP) is 2.14. The largest absolute Gasteiger partial charge is 0.469 e. The van der Waals surface area contributed by atoms with Crippen LogP contribution in [-0.4, -0.2) is 39.4 Å². The summed E-state index contributed by atoms with van der Waals surface area (Å²) in [6.07, 6.45) is 4.95. The van der Waals surface area contributed by atoms with Crippen LogP contribution in [0.2, 0.25) is 0 Å². The number of rotatable bonds is 6. The minimum Gasteiger partial charge on any atom is -0.469 e. The first-order valence-corrected chi connectivity index (χ1v) is 9.04. The van der Waals surface area contributed by atoms with E-state index in [9.17, 15) is 13.2 Å². The highest BCUT2D eigenvalue weighted by atomic mass is 32.2. The van der Waals surface area contributed by atoms with E-state index in [1.165, 1.54) is 23.4 Å². The first-order valence-electron chi connectivity index (χ1n) is 7.60. The SMILES string of the molecule is COC(=O)CCCN(C)S(=O)(=O)c1ccc2c(c1)CCCC2. The molecule has 122 valence electrons. The molecule has 0 heterocycles. The number of esters is 1. The second-order valence-corrected chi connectivity index (χ2v) is 7.69. The molecule has 0 radical (unpaired) electrons. The molecule has 0 aliphatic heterocycles. The van der Waals surface area contributed by atoms with Gasteiger partial charge in [-0.2, -0.15) is 0 Å². The molecule has 0 atom stereocenters. The molecule has 1 aliphatic rings. The first-order chi connectivity index (χ1) is 10.4. The predicted molar refractivity (Wildman–Crippen MR) is 84.1 cm³/mol. The quantitative estimate of drug-likeness (QED) is 0.752. The number of nitrogens with zero attached hydrogens (tertiary/aromatic N) is 1. The van der Waals surface area contributed by atoms with E-state index in [2.05, 4.69) is 4.74 Å². The summed E-state index contributed by atoms with van der Waals surface area (Å²) in [5.41, 5.74) is 2.41. The maximum Gasteiger partial charge on any atom is 0.305 e. The molecule has 0 unspecified atom stereocenters. The van der Waals surface area contributed by atoms with Gasteiger partial charge < -0.3 is 4.74 Å². The van der Waals surface area contributed by atoms with Gasteiger partial charge in [-0.25, -0.2) is 12.7 Å². The van der Waals surface area contributed by atoms with Gasteiger partial charge in [-0.1, -0.05) is 6.07 Å². The second-order valence-electron chi connectivity index (χ2n) is 5.64. The van der Waals surface area contributed by atoms with Gasteiger partial charge in [-0.15, -0.1) is 0 Å².